The largest absolute Gasteiger partial charge is 0.331 e. The van der Waals surface area contributed by atoms with Crippen molar-refractivity contribution in [1.82, 2.24) is 15.7 Å². The van der Waals surface area contributed by atoms with Gasteiger partial charge in [0.05, 0.1) is 5.69 Å². The van der Waals surface area contributed by atoms with Gasteiger partial charge in [-0.2, -0.15) is 0 Å². The summed E-state index contributed by atoms with van der Waals surface area (Å²) in [5.41, 5.74) is 0.883. The third-order valence-corrected chi connectivity index (χ3v) is 5.23. The molecule has 1 atom stereocenters. The van der Waals surface area contributed by atoms with Gasteiger partial charge in [-0.25, -0.2) is 14.7 Å². The van der Waals surface area contributed by atoms with Crippen LogP contribution in [0.25, 0.3) is 0 Å². The number of nitrogens with one attached hydrogen (secondary N) is 3. The number of carbonyl (C=O) groups is 3. The number of amides is 4. The summed E-state index contributed by atoms with van der Waals surface area (Å²) in [4.78, 5) is 39.0. The summed E-state index contributed by atoms with van der Waals surface area (Å²) in [6.45, 7) is 5.43. The van der Waals surface area contributed by atoms with Crippen LogP contribution in [0, 0.1) is 17.2 Å². The highest BCUT2D eigenvalue weighted by Gasteiger charge is 2.37. The van der Waals surface area contributed by atoms with Gasteiger partial charge in [0.15, 0.2) is 0 Å². The fourth-order valence-corrected chi connectivity index (χ4v) is 3.63. The average molecular weight is 423 g/mol. The Morgan fingerprint density at radius 2 is 1.83 bits per heavy atom. The smallest absolute Gasteiger partial charge is 0.319 e. The number of para-hydroxylation sites is 1. The van der Waals surface area contributed by atoms with Crippen LogP contribution in [0.5, 0.6) is 0 Å². The van der Waals surface area contributed by atoms with Gasteiger partial charge >= 0.3 is 6.03 Å². The van der Waals surface area contributed by atoms with Crippen molar-refractivity contribution in [3.63, 3.8) is 0 Å². The Balaban J connectivity index is 2.16. The molecule has 4 amide bonds. The first kappa shape index (κ1) is 23.6. The summed E-state index contributed by atoms with van der Waals surface area (Å²) >= 11 is 0. The Labute approximate surface area is 176 Å². The number of anilines is 1. The van der Waals surface area contributed by atoms with E-state index in [-0.39, 0.29) is 18.2 Å². The molecule has 0 aromatic heterocycles. The number of halogens is 1. The fourth-order valence-electron chi connectivity index (χ4n) is 3.63. The van der Waals surface area contributed by atoms with Crippen LogP contribution in [0.3, 0.4) is 0 Å². The van der Waals surface area contributed by atoms with Gasteiger partial charge in [-0.15, -0.1) is 0 Å². The van der Waals surface area contributed by atoms with Crippen LogP contribution >= 0.6 is 0 Å². The molecule has 166 valence electrons. The number of urea groups is 1. The van der Waals surface area contributed by atoms with Gasteiger partial charge in [0, 0.05) is 6.54 Å². The van der Waals surface area contributed by atoms with E-state index in [0.717, 1.165) is 25.7 Å². The van der Waals surface area contributed by atoms with E-state index in [1.54, 1.807) is 32.3 Å². The standard InChI is InChI=1S/C21H31FN4O4/c1-21(2,3)18(24-20(29)23-16-11-7-6-10-15(16)22)19(28)26(13-17(27)25-30)12-14-8-4-5-9-14/h6-7,10-11,14,18,30H,4-5,8-9,12-13H2,1-3H3,(H,25,27)(H2,23,24,29). The minimum Gasteiger partial charge on any atom is -0.331 e. The second-order valence-electron chi connectivity index (χ2n) is 8.78. The van der Waals surface area contributed by atoms with Crippen molar-refractivity contribution in [3.05, 3.63) is 30.1 Å². The lowest BCUT2D eigenvalue weighted by atomic mass is 9.85. The number of hydrogen-bond acceptors (Lipinski definition) is 4. The molecule has 0 spiro atoms. The Morgan fingerprint density at radius 1 is 1.20 bits per heavy atom. The highest BCUT2D eigenvalue weighted by molar-refractivity contribution is 5.95. The fraction of sp³-hybridized carbons (Fsp3) is 0.571. The van der Waals surface area contributed by atoms with Gasteiger partial charge in [-0.1, -0.05) is 45.7 Å². The van der Waals surface area contributed by atoms with E-state index in [2.05, 4.69) is 10.6 Å². The summed E-state index contributed by atoms with van der Waals surface area (Å²) in [5, 5.41) is 14.0. The number of benzene rings is 1. The number of rotatable bonds is 7. The minimum atomic E-state index is -0.961. The summed E-state index contributed by atoms with van der Waals surface area (Å²) in [6.07, 6.45) is 4.08. The third kappa shape index (κ3) is 6.69. The van der Waals surface area contributed by atoms with Crippen LogP contribution < -0.4 is 16.1 Å². The average Bonchev–Trinajstić information content (AvgIpc) is 3.19. The first-order chi connectivity index (χ1) is 14.1. The highest BCUT2D eigenvalue weighted by Crippen LogP contribution is 2.27. The molecule has 30 heavy (non-hydrogen) atoms. The lowest BCUT2D eigenvalue weighted by molar-refractivity contribution is -0.142. The predicted octanol–water partition coefficient (Wildman–Crippen LogP) is 2.89. The van der Waals surface area contributed by atoms with Gasteiger partial charge in [0.1, 0.15) is 18.4 Å². The Hall–Kier alpha value is -2.68. The topological polar surface area (TPSA) is 111 Å². The molecule has 4 N–H and O–H groups in total. The number of hydroxylamine groups is 1. The second-order valence-corrected chi connectivity index (χ2v) is 8.78. The van der Waals surface area contributed by atoms with Crippen molar-refractivity contribution < 1.29 is 24.0 Å². The maximum Gasteiger partial charge on any atom is 0.319 e. The van der Waals surface area contributed by atoms with Gasteiger partial charge in [0.25, 0.3) is 5.91 Å². The first-order valence-electron chi connectivity index (χ1n) is 10.2. The van der Waals surface area contributed by atoms with Crippen molar-refractivity contribution in [3.8, 4) is 0 Å². The molecular weight excluding hydrogens is 391 g/mol. The molecule has 1 aliphatic rings. The molecule has 1 unspecified atom stereocenters. The van der Waals surface area contributed by atoms with Crippen molar-refractivity contribution in [2.45, 2.75) is 52.5 Å². The minimum absolute atomic E-state index is 0.00224. The van der Waals surface area contributed by atoms with Crippen LogP contribution in [0.1, 0.15) is 46.5 Å². The maximum atomic E-state index is 13.8. The normalized spacial score (nSPS) is 15.4. The molecule has 0 bridgehead atoms. The van der Waals surface area contributed by atoms with E-state index < -0.39 is 35.1 Å². The SMILES string of the molecule is CC(C)(C)C(NC(=O)Nc1ccccc1F)C(=O)N(CC(=O)NO)CC1CCCC1. The molecule has 0 radical (unpaired) electrons. The zero-order chi connectivity index (χ0) is 22.3. The molecule has 0 aliphatic heterocycles. The van der Waals surface area contributed by atoms with Gasteiger partial charge in [0.2, 0.25) is 5.91 Å². The van der Waals surface area contributed by atoms with Crippen molar-refractivity contribution in [1.29, 1.82) is 0 Å². The molecular formula is C21H31FN4O4. The van der Waals surface area contributed by atoms with Crippen LogP contribution in [0.15, 0.2) is 24.3 Å². The summed E-state index contributed by atoms with van der Waals surface area (Å²) in [5.74, 6) is -1.45. The zero-order valence-corrected chi connectivity index (χ0v) is 17.7. The van der Waals surface area contributed by atoms with E-state index in [1.165, 1.54) is 23.1 Å². The molecule has 1 fully saturated rings. The lowest BCUT2D eigenvalue weighted by Gasteiger charge is -2.35. The van der Waals surface area contributed by atoms with Crippen molar-refractivity contribution in [2.24, 2.45) is 11.3 Å². The van der Waals surface area contributed by atoms with Crippen molar-refractivity contribution in [2.75, 3.05) is 18.4 Å². The highest BCUT2D eigenvalue weighted by atomic mass is 19.1. The summed E-state index contributed by atoms with van der Waals surface area (Å²) < 4.78 is 13.8. The Kier molecular flexibility index (Phi) is 8.16. The maximum absolute atomic E-state index is 13.8. The molecule has 0 saturated heterocycles. The third-order valence-electron chi connectivity index (χ3n) is 5.23. The van der Waals surface area contributed by atoms with Crippen LogP contribution in [0.2, 0.25) is 0 Å². The van der Waals surface area contributed by atoms with E-state index in [4.69, 9.17) is 5.21 Å². The van der Waals surface area contributed by atoms with E-state index in [9.17, 15) is 18.8 Å². The molecule has 1 aliphatic carbocycles. The van der Waals surface area contributed by atoms with Gasteiger partial charge in [-0.3, -0.25) is 14.8 Å². The number of carbonyl (C=O) groups excluding carboxylic acids is 3. The molecule has 1 aromatic carbocycles. The monoisotopic (exact) mass is 422 g/mol. The number of nitrogens with zero attached hydrogens (tertiary/aromatic N) is 1. The molecule has 8 nitrogen and oxygen atoms in total. The number of hydrogen-bond donors (Lipinski definition) is 4. The van der Waals surface area contributed by atoms with E-state index in [0.29, 0.717) is 6.54 Å². The Morgan fingerprint density at radius 3 is 2.40 bits per heavy atom. The second kappa shape index (κ2) is 10.4. The van der Waals surface area contributed by atoms with E-state index >= 15 is 0 Å². The van der Waals surface area contributed by atoms with E-state index in [1.807, 2.05) is 0 Å². The van der Waals surface area contributed by atoms with Crippen LogP contribution in [0.4, 0.5) is 14.9 Å². The summed E-state index contributed by atoms with van der Waals surface area (Å²) in [6, 6.07) is 4.05. The quantitative estimate of drug-likeness (QED) is 0.400. The molecule has 0 heterocycles. The van der Waals surface area contributed by atoms with Crippen LogP contribution in [-0.4, -0.2) is 47.1 Å². The molecule has 1 saturated carbocycles. The molecule has 2 rings (SSSR count). The van der Waals surface area contributed by atoms with Crippen molar-refractivity contribution >= 4 is 23.5 Å². The molecule has 1 aromatic rings. The Bertz CT molecular complexity index is 760. The lowest BCUT2D eigenvalue weighted by Crippen LogP contribution is -2.57. The van der Waals surface area contributed by atoms with Gasteiger partial charge in [-0.05, 0) is 36.3 Å². The predicted molar refractivity (Wildman–Crippen MR) is 110 cm³/mol. The van der Waals surface area contributed by atoms with Crippen LogP contribution in [-0.2, 0) is 9.59 Å². The molecule has 9 heteroatoms. The zero-order valence-electron chi connectivity index (χ0n) is 17.7. The summed E-state index contributed by atoms with van der Waals surface area (Å²) in [7, 11) is 0. The first-order valence-corrected chi connectivity index (χ1v) is 10.2. The van der Waals surface area contributed by atoms with Gasteiger partial charge < -0.3 is 15.5 Å².